The Morgan fingerprint density at radius 1 is 1.13 bits per heavy atom. The van der Waals surface area contributed by atoms with E-state index in [1.807, 2.05) is 25.1 Å². The summed E-state index contributed by atoms with van der Waals surface area (Å²) >= 11 is 0. The minimum Gasteiger partial charge on any atom is -0.497 e. The minimum absolute atomic E-state index is 0.0426. The fourth-order valence-electron chi connectivity index (χ4n) is 2.27. The highest BCUT2D eigenvalue weighted by molar-refractivity contribution is 6.03. The Kier molecular flexibility index (Phi) is 3.85. The van der Waals surface area contributed by atoms with Crippen molar-refractivity contribution in [3.05, 3.63) is 70.1 Å². The molecule has 0 aliphatic rings. The number of aryl methyl sites for hydroxylation is 1. The summed E-state index contributed by atoms with van der Waals surface area (Å²) in [4.78, 5) is 24.5. The van der Waals surface area contributed by atoms with Crippen molar-refractivity contribution >= 4 is 22.6 Å². The first kappa shape index (κ1) is 14.8. The van der Waals surface area contributed by atoms with Crippen molar-refractivity contribution in [2.75, 3.05) is 12.4 Å². The van der Waals surface area contributed by atoms with Gasteiger partial charge in [0.2, 0.25) is 0 Å². The molecular formula is C18H15NO4. The Morgan fingerprint density at radius 3 is 2.65 bits per heavy atom. The zero-order valence-corrected chi connectivity index (χ0v) is 12.8. The average Bonchev–Trinajstić information content (AvgIpc) is 2.56. The number of ether oxygens (including phenoxy) is 1. The third-order valence-corrected chi connectivity index (χ3v) is 3.55. The lowest BCUT2D eigenvalue weighted by Gasteiger charge is -2.08. The molecule has 1 N–H and O–H groups in total. The minimum atomic E-state index is -0.471. The van der Waals surface area contributed by atoms with Crippen LogP contribution in [0.2, 0.25) is 0 Å². The van der Waals surface area contributed by atoms with Gasteiger partial charge in [-0.3, -0.25) is 9.59 Å². The maximum atomic E-state index is 12.3. The van der Waals surface area contributed by atoms with Gasteiger partial charge in [0.1, 0.15) is 11.3 Å². The van der Waals surface area contributed by atoms with E-state index in [-0.39, 0.29) is 11.2 Å². The molecule has 0 atom stereocenters. The summed E-state index contributed by atoms with van der Waals surface area (Å²) in [6.45, 7) is 1.89. The summed E-state index contributed by atoms with van der Waals surface area (Å²) in [5.74, 6) is 0.0391. The molecule has 0 saturated heterocycles. The van der Waals surface area contributed by atoms with Crippen LogP contribution in [0.4, 0.5) is 5.69 Å². The fraction of sp³-hybridized carbons (Fsp3) is 0.111. The number of para-hydroxylation sites is 1. The zero-order chi connectivity index (χ0) is 16.4. The van der Waals surface area contributed by atoms with Gasteiger partial charge in [-0.1, -0.05) is 18.2 Å². The number of methoxy groups -OCH3 is 1. The molecule has 116 valence electrons. The zero-order valence-electron chi connectivity index (χ0n) is 12.8. The van der Waals surface area contributed by atoms with Gasteiger partial charge in [0.15, 0.2) is 11.2 Å². The lowest BCUT2D eigenvalue weighted by molar-refractivity contribution is 0.0997. The van der Waals surface area contributed by atoms with Gasteiger partial charge in [-0.25, -0.2) is 0 Å². The Balaban J connectivity index is 2.00. The SMILES string of the molecule is COc1ccc2c(=O)cc(C(=O)Nc3ccccc3C)oc2c1. The molecule has 3 aromatic rings. The van der Waals surface area contributed by atoms with Crippen LogP contribution in [-0.4, -0.2) is 13.0 Å². The average molecular weight is 309 g/mol. The second kappa shape index (κ2) is 5.96. The highest BCUT2D eigenvalue weighted by Gasteiger charge is 2.14. The van der Waals surface area contributed by atoms with Crippen molar-refractivity contribution in [1.82, 2.24) is 0 Å². The van der Waals surface area contributed by atoms with Crippen molar-refractivity contribution in [2.24, 2.45) is 0 Å². The largest absolute Gasteiger partial charge is 0.497 e. The molecule has 5 nitrogen and oxygen atoms in total. The molecule has 1 amide bonds. The van der Waals surface area contributed by atoms with Crippen LogP contribution in [0.3, 0.4) is 0 Å². The first-order valence-corrected chi connectivity index (χ1v) is 7.07. The van der Waals surface area contributed by atoms with E-state index in [0.29, 0.717) is 22.4 Å². The van der Waals surface area contributed by atoms with E-state index in [0.717, 1.165) is 5.56 Å². The van der Waals surface area contributed by atoms with Crippen LogP contribution in [0, 0.1) is 6.92 Å². The standard InChI is InChI=1S/C18H15NO4/c1-11-5-3-4-6-14(11)19-18(21)17-10-15(20)13-8-7-12(22-2)9-16(13)23-17/h3-10H,1-2H3,(H,19,21). The molecule has 0 radical (unpaired) electrons. The van der Waals surface area contributed by atoms with E-state index in [2.05, 4.69) is 5.32 Å². The molecule has 0 unspecified atom stereocenters. The van der Waals surface area contributed by atoms with Crippen LogP contribution in [-0.2, 0) is 0 Å². The topological polar surface area (TPSA) is 68.5 Å². The number of nitrogens with one attached hydrogen (secondary N) is 1. The molecule has 1 heterocycles. The van der Waals surface area contributed by atoms with Crippen molar-refractivity contribution in [3.63, 3.8) is 0 Å². The monoisotopic (exact) mass is 309 g/mol. The van der Waals surface area contributed by atoms with Gasteiger partial charge in [0.25, 0.3) is 5.91 Å². The summed E-state index contributed by atoms with van der Waals surface area (Å²) in [6.07, 6.45) is 0. The third kappa shape index (κ3) is 2.94. The summed E-state index contributed by atoms with van der Waals surface area (Å²) in [5, 5.41) is 3.15. The summed E-state index contributed by atoms with van der Waals surface area (Å²) < 4.78 is 10.7. The van der Waals surface area contributed by atoms with E-state index in [1.165, 1.54) is 13.2 Å². The highest BCUT2D eigenvalue weighted by Crippen LogP contribution is 2.20. The fourth-order valence-corrected chi connectivity index (χ4v) is 2.27. The first-order valence-electron chi connectivity index (χ1n) is 7.07. The molecular weight excluding hydrogens is 294 g/mol. The number of rotatable bonds is 3. The predicted molar refractivity (Wildman–Crippen MR) is 88.2 cm³/mol. The Labute approximate surface area is 132 Å². The quantitative estimate of drug-likeness (QED) is 0.805. The first-order chi connectivity index (χ1) is 11.1. The van der Waals surface area contributed by atoms with Crippen LogP contribution < -0.4 is 15.5 Å². The number of hydrogen-bond acceptors (Lipinski definition) is 4. The Morgan fingerprint density at radius 2 is 1.91 bits per heavy atom. The molecule has 0 aliphatic carbocycles. The molecule has 0 aliphatic heterocycles. The molecule has 0 spiro atoms. The van der Waals surface area contributed by atoms with Crippen LogP contribution in [0.25, 0.3) is 11.0 Å². The van der Waals surface area contributed by atoms with Crippen LogP contribution in [0.5, 0.6) is 5.75 Å². The molecule has 0 bridgehead atoms. The van der Waals surface area contributed by atoms with Crippen molar-refractivity contribution in [3.8, 4) is 5.75 Å². The van der Waals surface area contributed by atoms with E-state index in [1.54, 1.807) is 24.3 Å². The molecule has 2 aromatic carbocycles. The number of benzene rings is 2. The van der Waals surface area contributed by atoms with Crippen molar-refractivity contribution in [1.29, 1.82) is 0 Å². The molecule has 0 saturated carbocycles. The Hall–Kier alpha value is -3.08. The van der Waals surface area contributed by atoms with Gasteiger partial charge in [-0.15, -0.1) is 0 Å². The van der Waals surface area contributed by atoms with Gasteiger partial charge in [-0.2, -0.15) is 0 Å². The molecule has 23 heavy (non-hydrogen) atoms. The number of anilines is 1. The highest BCUT2D eigenvalue weighted by atomic mass is 16.5. The lowest BCUT2D eigenvalue weighted by atomic mass is 10.2. The molecule has 3 rings (SSSR count). The van der Waals surface area contributed by atoms with Crippen LogP contribution in [0.15, 0.2) is 57.7 Å². The molecule has 0 fully saturated rings. The van der Waals surface area contributed by atoms with Crippen molar-refractivity contribution < 1.29 is 13.9 Å². The summed E-state index contributed by atoms with van der Waals surface area (Å²) in [6, 6.07) is 13.4. The van der Waals surface area contributed by atoms with E-state index < -0.39 is 5.91 Å². The van der Waals surface area contributed by atoms with E-state index in [4.69, 9.17) is 9.15 Å². The van der Waals surface area contributed by atoms with E-state index >= 15 is 0 Å². The summed E-state index contributed by atoms with van der Waals surface area (Å²) in [7, 11) is 1.52. The maximum Gasteiger partial charge on any atom is 0.291 e. The van der Waals surface area contributed by atoms with Gasteiger partial charge in [0, 0.05) is 17.8 Å². The number of fused-ring (bicyclic) bond motifs is 1. The smallest absolute Gasteiger partial charge is 0.291 e. The number of carbonyl (C=O) groups is 1. The van der Waals surface area contributed by atoms with Gasteiger partial charge in [-0.05, 0) is 30.7 Å². The van der Waals surface area contributed by atoms with Gasteiger partial charge < -0.3 is 14.5 Å². The number of hydrogen-bond donors (Lipinski definition) is 1. The second-order valence-corrected chi connectivity index (χ2v) is 5.11. The number of amides is 1. The normalized spacial score (nSPS) is 10.5. The Bertz CT molecular complexity index is 943. The van der Waals surface area contributed by atoms with Gasteiger partial charge >= 0.3 is 0 Å². The van der Waals surface area contributed by atoms with Crippen molar-refractivity contribution in [2.45, 2.75) is 6.92 Å². The van der Waals surface area contributed by atoms with Gasteiger partial charge in [0.05, 0.1) is 12.5 Å². The second-order valence-electron chi connectivity index (χ2n) is 5.11. The lowest BCUT2D eigenvalue weighted by Crippen LogP contribution is -2.15. The van der Waals surface area contributed by atoms with Crippen LogP contribution in [0.1, 0.15) is 16.1 Å². The molecule has 1 aromatic heterocycles. The maximum absolute atomic E-state index is 12.3. The molecule has 5 heteroatoms. The van der Waals surface area contributed by atoms with E-state index in [9.17, 15) is 9.59 Å². The third-order valence-electron chi connectivity index (χ3n) is 3.55. The summed E-state index contributed by atoms with van der Waals surface area (Å²) in [5.41, 5.74) is 1.63. The number of carbonyl (C=O) groups excluding carboxylic acids is 1. The van der Waals surface area contributed by atoms with Crippen LogP contribution >= 0.6 is 0 Å². The predicted octanol–water partition coefficient (Wildman–Crippen LogP) is 3.36.